The molecule has 0 saturated carbocycles. The van der Waals surface area contributed by atoms with Crippen LogP contribution in [-0.2, 0) is 0 Å². The van der Waals surface area contributed by atoms with Crippen LogP contribution in [0.5, 0.6) is 0 Å². The fraction of sp³-hybridized carbons (Fsp3) is 0.667. The third kappa shape index (κ3) is 3.23. The summed E-state index contributed by atoms with van der Waals surface area (Å²) in [5.74, 6) is 2.05. The van der Waals surface area contributed by atoms with Gasteiger partial charge in [-0.15, -0.1) is 11.8 Å². The molecular weight excluding hydrogens is 254 g/mol. The fourth-order valence-electron chi connectivity index (χ4n) is 3.44. The van der Waals surface area contributed by atoms with Crippen LogP contribution < -0.4 is 5.73 Å². The van der Waals surface area contributed by atoms with Gasteiger partial charge in [-0.1, -0.05) is 6.42 Å². The minimum atomic E-state index is 0.750. The molecule has 0 unspecified atom stereocenters. The first kappa shape index (κ1) is 13.3. The van der Waals surface area contributed by atoms with Crippen molar-refractivity contribution < 1.29 is 0 Å². The second-order valence-corrected chi connectivity index (χ2v) is 6.78. The van der Waals surface area contributed by atoms with E-state index in [4.69, 9.17) is 5.73 Å². The maximum absolute atomic E-state index is 5.67. The average Bonchev–Trinajstić information content (AvgIpc) is 2.47. The van der Waals surface area contributed by atoms with E-state index in [2.05, 4.69) is 9.88 Å². The van der Waals surface area contributed by atoms with Gasteiger partial charge >= 0.3 is 0 Å². The first-order valence-corrected chi connectivity index (χ1v) is 8.40. The van der Waals surface area contributed by atoms with E-state index >= 15 is 0 Å². The number of pyridine rings is 1. The lowest BCUT2D eigenvalue weighted by atomic mass is 9.85. The van der Waals surface area contributed by atoms with Gasteiger partial charge in [0.05, 0.1) is 16.9 Å². The molecule has 2 saturated heterocycles. The van der Waals surface area contributed by atoms with Gasteiger partial charge in [0.1, 0.15) is 0 Å². The molecule has 3 nitrogen and oxygen atoms in total. The van der Waals surface area contributed by atoms with Gasteiger partial charge in [-0.2, -0.15) is 0 Å². The van der Waals surface area contributed by atoms with Crippen molar-refractivity contribution >= 4 is 17.4 Å². The predicted octanol–water partition coefficient (Wildman–Crippen LogP) is 3.02. The van der Waals surface area contributed by atoms with Gasteiger partial charge in [0.25, 0.3) is 0 Å². The molecule has 2 atom stereocenters. The van der Waals surface area contributed by atoms with E-state index in [1.165, 1.54) is 50.9 Å². The standard InChI is InChI=1S/C15H23N3S/c16-13-6-7-15(17-10-13)19-11-12-4-3-9-18-8-2-1-5-14(12)18/h6-7,10,12,14H,1-5,8-9,11,16H2/t12-,14+/m0/s1. The van der Waals surface area contributed by atoms with Gasteiger partial charge in [0.15, 0.2) is 0 Å². The molecule has 1 aromatic heterocycles. The van der Waals surface area contributed by atoms with Crippen molar-refractivity contribution in [2.45, 2.75) is 43.2 Å². The summed E-state index contributed by atoms with van der Waals surface area (Å²) in [4.78, 5) is 7.12. The van der Waals surface area contributed by atoms with Crippen LogP contribution in [0.15, 0.2) is 23.4 Å². The number of fused-ring (bicyclic) bond motifs is 1. The zero-order valence-electron chi connectivity index (χ0n) is 11.4. The molecular formula is C15H23N3S. The van der Waals surface area contributed by atoms with Crippen molar-refractivity contribution in [3.05, 3.63) is 18.3 Å². The Balaban J connectivity index is 1.57. The zero-order valence-corrected chi connectivity index (χ0v) is 12.2. The normalized spacial score (nSPS) is 28.0. The van der Waals surface area contributed by atoms with E-state index in [0.29, 0.717) is 0 Å². The summed E-state index contributed by atoms with van der Waals surface area (Å²) in [6.45, 7) is 2.65. The predicted molar refractivity (Wildman–Crippen MR) is 81.3 cm³/mol. The summed E-state index contributed by atoms with van der Waals surface area (Å²) in [5.41, 5.74) is 6.43. The van der Waals surface area contributed by atoms with Crippen molar-refractivity contribution in [1.82, 2.24) is 9.88 Å². The lowest BCUT2D eigenvalue weighted by molar-refractivity contribution is 0.0693. The summed E-state index contributed by atoms with van der Waals surface area (Å²) >= 11 is 1.90. The largest absolute Gasteiger partial charge is 0.397 e. The lowest BCUT2D eigenvalue weighted by Gasteiger charge is -2.44. The number of piperidine rings is 2. The number of anilines is 1. The molecule has 0 bridgehead atoms. The van der Waals surface area contributed by atoms with Crippen molar-refractivity contribution in [3.63, 3.8) is 0 Å². The number of hydrogen-bond donors (Lipinski definition) is 1. The SMILES string of the molecule is Nc1ccc(SC[C@@H]2CCCN3CCCC[C@H]23)nc1. The molecule has 0 aliphatic carbocycles. The second-order valence-electron chi connectivity index (χ2n) is 5.74. The zero-order chi connectivity index (χ0) is 13.1. The molecule has 0 radical (unpaired) electrons. The van der Waals surface area contributed by atoms with Crippen LogP contribution in [0.2, 0.25) is 0 Å². The van der Waals surface area contributed by atoms with Crippen LogP contribution in [0.25, 0.3) is 0 Å². The third-order valence-corrected chi connectivity index (χ3v) is 5.57. The van der Waals surface area contributed by atoms with Gasteiger partial charge in [0, 0.05) is 11.8 Å². The molecule has 2 aliphatic rings. The average molecular weight is 277 g/mol. The molecule has 0 aromatic carbocycles. The minimum absolute atomic E-state index is 0.750. The number of rotatable bonds is 3. The molecule has 2 N–H and O–H groups in total. The Labute approximate surface area is 120 Å². The summed E-state index contributed by atoms with van der Waals surface area (Å²) in [7, 11) is 0. The number of aromatic nitrogens is 1. The van der Waals surface area contributed by atoms with Gasteiger partial charge in [-0.25, -0.2) is 4.98 Å². The molecule has 2 aliphatic heterocycles. The molecule has 19 heavy (non-hydrogen) atoms. The molecule has 104 valence electrons. The number of nitrogens with zero attached hydrogens (tertiary/aromatic N) is 2. The topological polar surface area (TPSA) is 42.1 Å². The highest BCUT2D eigenvalue weighted by Crippen LogP contribution is 2.34. The Morgan fingerprint density at radius 2 is 2.11 bits per heavy atom. The van der Waals surface area contributed by atoms with E-state index in [-0.39, 0.29) is 0 Å². The van der Waals surface area contributed by atoms with Crippen LogP contribution >= 0.6 is 11.8 Å². The summed E-state index contributed by atoms with van der Waals surface area (Å²) in [6.07, 6.45) is 8.74. The van der Waals surface area contributed by atoms with Crippen molar-refractivity contribution in [1.29, 1.82) is 0 Å². The van der Waals surface area contributed by atoms with E-state index in [0.717, 1.165) is 22.7 Å². The second kappa shape index (κ2) is 6.14. The van der Waals surface area contributed by atoms with Crippen LogP contribution in [0, 0.1) is 5.92 Å². The molecule has 3 heterocycles. The molecule has 0 amide bonds. The van der Waals surface area contributed by atoms with Crippen LogP contribution in [0.4, 0.5) is 5.69 Å². The van der Waals surface area contributed by atoms with Crippen LogP contribution in [-0.4, -0.2) is 34.8 Å². The quantitative estimate of drug-likeness (QED) is 0.862. The Hall–Kier alpha value is -0.740. The molecule has 2 fully saturated rings. The van der Waals surface area contributed by atoms with Gasteiger partial charge in [0.2, 0.25) is 0 Å². The Morgan fingerprint density at radius 3 is 2.95 bits per heavy atom. The smallest absolute Gasteiger partial charge is 0.0961 e. The number of nitrogens with two attached hydrogens (primary N) is 1. The molecule has 3 rings (SSSR count). The van der Waals surface area contributed by atoms with Crippen molar-refractivity contribution in [3.8, 4) is 0 Å². The van der Waals surface area contributed by atoms with E-state index in [1.54, 1.807) is 6.20 Å². The summed E-state index contributed by atoms with van der Waals surface area (Å²) in [6, 6.07) is 4.83. The number of hydrogen-bond acceptors (Lipinski definition) is 4. The van der Waals surface area contributed by atoms with Crippen LogP contribution in [0.1, 0.15) is 32.1 Å². The van der Waals surface area contributed by atoms with E-state index in [1.807, 2.05) is 23.9 Å². The van der Waals surface area contributed by atoms with Gasteiger partial charge < -0.3 is 10.6 Å². The fourth-order valence-corrected chi connectivity index (χ4v) is 4.51. The van der Waals surface area contributed by atoms with Gasteiger partial charge in [-0.3, -0.25) is 0 Å². The van der Waals surface area contributed by atoms with Crippen molar-refractivity contribution in [2.24, 2.45) is 5.92 Å². The third-order valence-electron chi connectivity index (χ3n) is 4.43. The van der Waals surface area contributed by atoms with Crippen molar-refractivity contribution in [2.75, 3.05) is 24.6 Å². The lowest BCUT2D eigenvalue weighted by Crippen LogP contribution is -2.48. The number of thioether (sulfide) groups is 1. The highest BCUT2D eigenvalue weighted by atomic mass is 32.2. The maximum atomic E-state index is 5.67. The summed E-state index contributed by atoms with van der Waals surface area (Å²) in [5, 5.41) is 1.11. The molecule has 4 heteroatoms. The van der Waals surface area contributed by atoms with E-state index < -0.39 is 0 Å². The minimum Gasteiger partial charge on any atom is -0.397 e. The Kier molecular flexibility index (Phi) is 4.28. The highest BCUT2D eigenvalue weighted by molar-refractivity contribution is 7.99. The molecule has 1 aromatic rings. The molecule has 0 spiro atoms. The first-order chi connectivity index (χ1) is 9.33. The van der Waals surface area contributed by atoms with E-state index in [9.17, 15) is 0 Å². The Bertz CT molecular complexity index is 404. The van der Waals surface area contributed by atoms with Gasteiger partial charge in [-0.05, 0) is 56.8 Å². The highest BCUT2D eigenvalue weighted by Gasteiger charge is 2.32. The first-order valence-electron chi connectivity index (χ1n) is 7.41. The van der Waals surface area contributed by atoms with Crippen LogP contribution in [0.3, 0.4) is 0 Å². The number of nitrogen functional groups attached to an aromatic ring is 1. The summed E-state index contributed by atoms with van der Waals surface area (Å²) < 4.78 is 0. The Morgan fingerprint density at radius 1 is 1.21 bits per heavy atom. The maximum Gasteiger partial charge on any atom is 0.0961 e. The monoisotopic (exact) mass is 277 g/mol.